The Labute approximate surface area is 159 Å². The minimum atomic E-state index is -4.44. The minimum Gasteiger partial charge on any atom is -0.339 e. The molecule has 1 fully saturated rings. The van der Waals surface area contributed by atoms with Gasteiger partial charge in [0.15, 0.2) is 5.82 Å². The van der Waals surface area contributed by atoms with E-state index in [1.807, 2.05) is 0 Å². The molecule has 0 radical (unpaired) electrons. The molecule has 0 N–H and O–H groups in total. The summed E-state index contributed by atoms with van der Waals surface area (Å²) < 4.78 is 42.8. The molecule has 0 unspecified atom stereocenters. The highest BCUT2D eigenvalue weighted by Crippen LogP contribution is 2.29. The number of carbonyl (C=O) groups excluding carboxylic acids is 2. The first-order chi connectivity index (χ1) is 13.2. The van der Waals surface area contributed by atoms with Crippen LogP contribution in [-0.2, 0) is 17.4 Å². The van der Waals surface area contributed by atoms with Crippen LogP contribution in [0, 0.1) is 6.92 Å². The van der Waals surface area contributed by atoms with Crippen molar-refractivity contribution in [2.75, 3.05) is 26.2 Å². The Morgan fingerprint density at radius 3 is 2.21 bits per heavy atom. The number of carbonyl (C=O) groups is 2. The van der Waals surface area contributed by atoms with Crippen molar-refractivity contribution in [1.29, 1.82) is 0 Å². The van der Waals surface area contributed by atoms with Crippen molar-refractivity contribution < 1.29 is 27.3 Å². The van der Waals surface area contributed by atoms with Crippen molar-refractivity contribution in [2.24, 2.45) is 0 Å². The number of hydrogen-bond acceptors (Lipinski definition) is 5. The van der Waals surface area contributed by atoms with E-state index < -0.39 is 11.7 Å². The lowest BCUT2D eigenvalue weighted by Crippen LogP contribution is -2.50. The molecule has 0 atom stereocenters. The van der Waals surface area contributed by atoms with Crippen molar-refractivity contribution >= 4 is 11.8 Å². The van der Waals surface area contributed by atoms with Gasteiger partial charge in [-0.25, -0.2) is 0 Å². The first-order valence-electron chi connectivity index (χ1n) is 8.77. The molecule has 2 aromatic rings. The summed E-state index contributed by atoms with van der Waals surface area (Å²) in [5.74, 6) is 0.499. The molecule has 1 saturated heterocycles. The van der Waals surface area contributed by atoms with Gasteiger partial charge in [0.1, 0.15) is 0 Å². The highest BCUT2D eigenvalue weighted by atomic mass is 19.4. The quantitative estimate of drug-likeness (QED) is 0.793. The van der Waals surface area contributed by atoms with E-state index >= 15 is 0 Å². The van der Waals surface area contributed by atoms with Crippen LogP contribution in [0.1, 0.15) is 34.1 Å². The van der Waals surface area contributed by atoms with Gasteiger partial charge >= 0.3 is 6.18 Å². The lowest BCUT2D eigenvalue weighted by atomic mass is 10.1. The summed E-state index contributed by atoms with van der Waals surface area (Å²) in [5.41, 5.74) is -0.601. The van der Waals surface area contributed by atoms with Crippen molar-refractivity contribution in [3.05, 3.63) is 47.1 Å². The smallest absolute Gasteiger partial charge is 0.339 e. The first kappa shape index (κ1) is 19.8. The second kappa shape index (κ2) is 7.99. The van der Waals surface area contributed by atoms with E-state index in [-0.39, 0.29) is 23.8 Å². The summed E-state index contributed by atoms with van der Waals surface area (Å²) in [6, 6.07) is 4.14. The monoisotopic (exact) mass is 396 g/mol. The van der Waals surface area contributed by atoms with Gasteiger partial charge in [-0.3, -0.25) is 9.59 Å². The number of halogens is 3. The number of benzene rings is 1. The summed E-state index contributed by atoms with van der Waals surface area (Å²) in [7, 11) is 0. The van der Waals surface area contributed by atoms with Crippen LogP contribution in [0.15, 0.2) is 28.8 Å². The van der Waals surface area contributed by atoms with E-state index in [1.165, 1.54) is 17.0 Å². The molecular weight excluding hydrogens is 377 g/mol. The molecule has 1 aliphatic heterocycles. The zero-order chi connectivity index (χ0) is 20.3. The lowest BCUT2D eigenvalue weighted by molar-refractivity contribution is -0.137. The molecule has 1 aliphatic rings. The maximum atomic E-state index is 12.6. The van der Waals surface area contributed by atoms with E-state index in [9.17, 15) is 22.8 Å². The van der Waals surface area contributed by atoms with Gasteiger partial charge in [0.25, 0.3) is 5.91 Å². The van der Waals surface area contributed by atoms with E-state index in [1.54, 1.807) is 11.8 Å². The molecule has 0 spiro atoms. The molecule has 0 saturated carbocycles. The summed E-state index contributed by atoms with van der Waals surface area (Å²) in [6.07, 6.45) is -3.85. The summed E-state index contributed by atoms with van der Waals surface area (Å²) in [5, 5.41) is 3.67. The number of hydrogen-bond donors (Lipinski definition) is 0. The number of nitrogens with zero attached hydrogens (tertiary/aromatic N) is 4. The SMILES string of the molecule is Cc1noc(CCC(=O)N2CCN(C(=O)c3ccc(C(F)(F)F)cc3)CC2)n1. The normalized spacial score (nSPS) is 15.0. The molecule has 2 amide bonds. The highest BCUT2D eigenvalue weighted by molar-refractivity contribution is 5.94. The number of amides is 2. The van der Waals surface area contributed by atoms with Gasteiger partial charge in [0.2, 0.25) is 11.8 Å². The largest absolute Gasteiger partial charge is 0.416 e. The lowest BCUT2D eigenvalue weighted by Gasteiger charge is -2.34. The van der Waals surface area contributed by atoms with Gasteiger partial charge in [0, 0.05) is 44.6 Å². The number of aromatic nitrogens is 2. The van der Waals surface area contributed by atoms with Crippen molar-refractivity contribution in [3.8, 4) is 0 Å². The van der Waals surface area contributed by atoms with Crippen LogP contribution in [0.5, 0.6) is 0 Å². The van der Waals surface area contributed by atoms with Crippen LogP contribution in [0.2, 0.25) is 0 Å². The molecule has 7 nitrogen and oxygen atoms in total. The van der Waals surface area contributed by atoms with Gasteiger partial charge in [0.05, 0.1) is 5.56 Å². The standard InChI is InChI=1S/C18H19F3N4O3/c1-12-22-15(28-23-12)6-7-16(26)24-8-10-25(11-9-24)17(27)13-2-4-14(5-3-13)18(19,20)21/h2-5H,6-11H2,1H3. The summed E-state index contributed by atoms with van der Waals surface area (Å²) in [4.78, 5) is 32.0. The molecule has 28 heavy (non-hydrogen) atoms. The summed E-state index contributed by atoms with van der Waals surface area (Å²) in [6.45, 7) is 3.08. The Balaban J connectivity index is 1.50. The topological polar surface area (TPSA) is 79.5 Å². The van der Waals surface area contributed by atoms with Gasteiger partial charge in [-0.05, 0) is 31.2 Å². The third-order valence-electron chi connectivity index (χ3n) is 4.50. The predicted molar refractivity (Wildman–Crippen MR) is 91.3 cm³/mol. The number of alkyl halides is 3. The fourth-order valence-corrected chi connectivity index (χ4v) is 2.96. The van der Waals surface area contributed by atoms with E-state index in [0.717, 1.165) is 12.1 Å². The zero-order valence-corrected chi connectivity index (χ0v) is 15.2. The summed E-state index contributed by atoms with van der Waals surface area (Å²) >= 11 is 0. The molecule has 2 heterocycles. The molecule has 150 valence electrons. The van der Waals surface area contributed by atoms with E-state index in [0.29, 0.717) is 44.3 Å². The molecule has 0 aliphatic carbocycles. The fourth-order valence-electron chi connectivity index (χ4n) is 2.96. The Morgan fingerprint density at radius 1 is 1.07 bits per heavy atom. The Hall–Kier alpha value is -2.91. The average Bonchev–Trinajstić information content (AvgIpc) is 3.10. The van der Waals surface area contributed by atoms with E-state index in [4.69, 9.17) is 4.52 Å². The highest BCUT2D eigenvalue weighted by Gasteiger charge is 2.31. The molecule has 10 heteroatoms. The predicted octanol–water partition coefficient (Wildman–Crippen LogP) is 2.31. The fraction of sp³-hybridized carbons (Fsp3) is 0.444. The Bertz CT molecular complexity index is 841. The van der Waals surface area contributed by atoms with Gasteiger partial charge in [-0.2, -0.15) is 18.2 Å². The number of rotatable bonds is 4. The van der Waals surface area contributed by atoms with Gasteiger partial charge in [-0.15, -0.1) is 0 Å². The van der Waals surface area contributed by atoms with Crippen LogP contribution in [0.25, 0.3) is 0 Å². The van der Waals surface area contributed by atoms with Crippen molar-refractivity contribution in [3.63, 3.8) is 0 Å². The number of piperazine rings is 1. The van der Waals surface area contributed by atoms with Crippen LogP contribution < -0.4 is 0 Å². The zero-order valence-electron chi connectivity index (χ0n) is 15.2. The van der Waals surface area contributed by atoms with E-state index in [2.05, 4.69) is 10.1 Å². The Morgan fingerprint density at radius 2 is 1.68 bits per heavy atom. The van der Waals surface area contributed by atoms with Crippen LogP contribution in [-0.4, -0.2) is 57.9 Å². The Kier molecular flexibility index (Phi) is 5.66. The first-order valence-corrected chi connectivity index (χ1v) is 8.77. The van der Waals surface area contributed by atoms with Crippen LogP contribution in [0.3, 0.4) is 0 Å². The second-order valence-corrected chi connectivity index (χ2v) is 6.48. The minimum absolute atomic E-state index is 0.0718. The molecule has 1 aromatic carbocycles. The molecule has 1 aromatic heterocycles. The molecule has 0 bridgehead atoms. The maximum absolute atomic E-state index is 12.6. The maximum Gasteiger partial charge on any atom is 0.416 e. The van der Waals surface area contributed by atoms with Crippen molar-refractivity contribution in [1.82, 2.24) is 19.9 Å². The van der Waals surface area contributed by atoms with Gasteiger partial charge < -0.3 is 14.3 Å². The molecular formula is C18H19F3N4O3. The second-order valence-electron chi connectivity index (χ2n) is 6.48. The van der Waals surface area contributed by atoms with Gasteiger partial charge in [-0.1, -0.05) is 5.16 Å². The van der Waals surface area contributed by atoms with Crippen molar-refractivity contribution in [2.45, 2.75) is 25.9 Å². The average molecular weight is 396 g/mol. The van der Waals surface area contributed by atoms with Crippen LogP contribution in [0.4, 0.5) is 13.2 Å². The van der Waals surface area contributed by atoms with Crippen LogP contribution >= 0.6 is 0 Å². The third-order valence-corrected chi connectivity index (χ3v) is 4.50. The third kappa shape index (κ3) is 4.68. The molecule has 3 rings (SSSR count). The number of aryl methyl sites for hydroxylation is 2.